The molecule has 0 atom stereocenters. The van der Waals surface area contributed by atoms with Crippen molar-refractivity contribution in [2.45, 2.75) is 29.6 Å². The normalized spacial score (nSPS) is 21.0. The lowest BCUT2D eigenvalue weighted by Crippen LogP contribution is -2.44. The van der Waals surface area contributed by atoms with Gasteiger partial charge in [-0.2, -0.15) is 9.57 Å². The molecular weight excluding hydrogens is 398 g/mol. The second kappa shape index (κ2) is 8.31. The van der Waals surface area contributed by atoms with E-state index in [1.807, 2.05) is 30.3 Å². The minimum atomic E-state index is -3.63. The van der Waals surface area contributed by atoms with Gasteiger partial charge in [-0.3, -0.25) is 4.79 Å². The summed E-state index contributed by atoms with van der Waals surface area (Å²) in [6, 6.07) is 18.9. The molecule has 0 unspecified atom stereocenters. The van der Waals surface area contributed by atoms with Gasteiger partial charge in [0, 0.05) is 12.1 Å². The van der Waals surface area contributed by atoms with E-state index in [9.17, 15) is 18.5 Å². The molecule has 0 saturated carbocycles. The highest BCUT2D eigenvalue weighted by Gasteiger charge is 2.37. The van der Waals surface area contributed by atoms with Crippen molar-refractivity contribution in [1.82, 2.24) is 9.21 Å². The van der Waals surface area contributed by atoms with E-state index in [-0.39, 0.29) is 17.2 Å². The Labute approximate surface area is 177 Å². The van der Waals surface area contributed by atoms with Crippen LogP contribution >= 0.6 is 0 Å². The summed E-state index contributed by atoms with van der Waals surface area (Å²) in [7, 11) is -3.63. The lowest BCUT2D eigenvalue weighted by molar-refractivity contribution is 0.0953. The minimum Gasteiger partial charge on any atom is -0.303 e. The number of rotatable bonds is 5. The van der Waals surface area contributed by atoms with Crippen molar-refractivity contribution in [3.05, 3.63) is 65.7 Å². The molecule has 2 heterocycles. The topological polar surface area (TPSA) is 81.5 Å². The second-order valence-corrected chi connectivity index (χ2v) is 9.92. The number of hydrogen-bond donors (Lipinski definition) is 0. The van der Waals surface area contributed by atoms with Crippen LogP contribution in [0.4, 0.5) is 0 Å². The van der Waals surface area contributed by atoms with Crippen molar-refractivity contribution in [3.8, 4) is 6.07 Å². The Morgan fingerprint density at radius 3 is 2.33 bits per heavy atom. The number of fused-ring (bicyclic) bond motifs is 1. The fourth-order valence-electron chi connectivity index (χ4n) is 4.44. The summed E-state index contributed by atoms with van der Waals surface area (Å²) in [5.74, 6) is -0.153. The van der Waals surface area contributed by atoms with E-state index in [4.69, 9.17) is 0 Å². The maximum atomic E-state index is 12.8. The van der Waals surface area contributed by atoms with Gasteiger partial charge in [-0.25, -0.2) is 8.42 Å². The molecule has 2 aliphatic heterocycles. The lowest BCUT2D eigenvalue weighted by atomic mass is 9.74. The van der Waals surface area contributed by atoms with Crippen LogP contribution in [0.5, 0.6) is 0 Å². The number of carbonyl (C=O) groups excluding carboxylic acids is 1. The molecule has 0 radical (unpaired) electrons. The lowest BCUT2D eigenvalue weighted by Gasteiger charge is -2.38. The van der Waals surface area contributed by atoms with Crippen molar-refractivity contribution >= 4 is 15.8 Å². The highest BCUT2D eigenvalue weighted by atomic mass is 32.2. The predicted molar refractivity (Wildman–Crippen MR) is 114 cm³/mol. The van der Waals surface area contributed by atoms with Gasteiger partial charge >= 0.3 is 0 Å². The van der Waals surface area contributed by atoms with Crippen LogP contribution in [0.3, 0.4) is 0 Å². The summed E-state index contributed by atoms with van der Waals surface area (Å²) in [6.07, 6.45) is 2.18. The number of Topliss-reactive ketones (excluding diaryl/α,β-unsaturated/α-hetero) is 1. The van der Waals surface area contributed by atoms with Crippen molar-refractivity contribution in [1.29, 1.82) is 5.26 Å². The van der Waals surface area contributed by atoms with E-state index >= 15 is 0 Å². The summed E-state index contributed by atoms with van der Waals surface area (Å²) in [6.45, 7) is 2.58. The molecule has 2 aromatic carbocycles. The fourth-order valence-corrected chi connectivity index (χ4v) is 6.09. The van der Waals surface area contributed by atoms with Gasteiger partial charge in [0.15, 0.2) is 5.78 Å². The molecule has 0 N–H and O–H groups in total. The largest absolute Gasteiger partial charge is 0.303 e. The van der Waals surface area contributed by atoms with Crippen LogP contribution < -0.4 is 0 Å². The molecule has 30 heavy (non-hydrogen) atoms. The van der Waals surface area contributed by atoms with E-state index in [2.05, 4.69) is 11.0 Å². The first-order chi connectivity index (χ1) is 14.5. The first-order valence-electron chi connectivity index (χ1n) is 10.3. The minimum absolute atomic E-state index is 0.0924. The summed E-state index contributed by atoms with van der Waals surface area (Å²) >= 11 is 0. The Morgan fingerprint density at radius 2 is 1.63 bits per heavy atom. The van der Waals surface area contributed by atoms with Crippen molar-refractivity contribution in [2.75, 3.05) is 32.7 Å². The molecule has 1 saturated heterocycles. The summed E-state index contributed by atoms with van der Waals surface area (Å²) in [5, 5.41) is 9.82. The Kier molecular flexibility index (Phi) is 5.74. The van der Waals surface area contributed by atoms with Crippen molar-refractivity contribution in [2.24, 2.45) is 0 Å². The van der Waals surface area contributed by atoms with Gasteiger partial charge in [0.25, 0.3) is 0 Å². The van der Waals surface area contributed by atoms with E-state index in [1.54, 1.807) is 18.2 Å². The predicted octanol–water partition coefficient (Wildman–Crippen LogP) is 2.82. The molecule has 156 valence electrons. The monoisotopic (exact) mass is 423 g/mol. The number of nitrogens with zero attached hydrogens (tertiary/aromatic N) is 3. The molecular formula is C23H25N3O3S. The Morgan fingerprint density at radius 1 is 0.967 bits per heavy atom. The van der Waals surface area contributed by atoms with Crippen molar-refractivity contribution in [3.63, 3.8) is 0 Å². The Balaban J connectivity index is 1.34. The van der Waals surface area contributed by atoms with Crippen LogP contribution in [-0.2, 0) is 15.4 Å². The van der Waals surface area contributed by atoms with Crippen LogP contribution in [0.25, 0.3) is 0 Å². The van der Waals surface area contributed by atoms with Crippen LogP contribution in [0, 0.1) is 11.3 Å². The van der Waals surface area contributed by atoms with Gasteiger partial charge in [-0.15, -0.1) is 0 Å². The molecule has 2 aliphatic rings. The molecule has 0 aromatic heterocycles. The third-order valence-electron chi connectivity index (χ3n) is 6.26. The number of ketones is 1. The average molecular weight is 424 g/mol. The number of piperidine rings is 1. The van der Waals surface area contributed by atoms with Crippen LogP contribution in [0.15, 0.2) is 59.5 Å². The highest BCUT2D eigenvalue weighted by molar-refractivity contribution is 7.89. The quantitative estimate of drug-likeness (QED) is 0.739. The molecule has 7 heteroatoms. The third kappa shape index (κ3) is 3.79. The van der Waals surface area contributed by atoms with Crippen LogP contribution in [0.1, 0.15) is 35.2 Å². The molecule has 0 amide bonds. The van der Waals surface area contributed by atoms with Gasteiger partial charge < -0.3 is 4.90 Å². The number of sulfonamides is 1. The van der Waals surface area contributed by atoms with Gasteiger partial charge in [0.2, 0.25) is 10.0 Å². The van der Waals surface area contributed by atoms with Gasteiger partial charge in [0.05, 0.1) is 22.9 Å². The average Bonchev–Trinajstić information content (AvgIpc) is 2.78. The SMILES string of the molecule is N#CC1(c2ccccc2)CCN(CCCN2CC(=O)c3ccccc3S2(=O)=O)CC1. The smallest absolute Gasteiger partial charge is 0.244 e. The highest BCUT2D eigenvalue weighted by Crippen LogP contribution is 2.35. The maximum absolute atomic E-state index is 12.8. The maximum Gasteiger partial charge on any atom is 0.244 e. The van der Waals surface area contributed by atoms with E-state index in [0.717, 1.165) is 38.0 Å². The summed E-state index contributed by atoms with van der Waals surface area (Å²) in [5.41, 5.74) is 0.923. The first-order valence-corrected chi connectivity index (χ1v) is 11.7. The molecule has 4 rings (SSSR count). The first kappa shape index (κ1) is 20.7. The number of benzene rings is 2. The van der Waals surface area contributed by atoms with E-state index < -0.39 is 15.4 Å². The van der Waals surface area contributed by atoms with Crippen molar-refractivity contribution < 1.29 is 13.2 Å². The molecule has 6 nitrogen and oxygen atoms in total. The number of nitriles is 1. The van der Waals surface area contributed by atoms with Gasteiger partial charge in [-0.1, -0.05) is 42.5 Å². The Bertz CT molecular complexity index is 1070. The van der Waals surface area contributed by atoms with Crippen LogP contribution in [0.2, 0.25) is 0 Å². The number of hydrogen-bond acceptors (Lipinski definition) is 5. The van der Waals surface area contributed by atoms with E-state index in [1.165, 1.54) is 10.4 Å². The zero-order valence-corrected chi connectivity index (χ0v) is 17.6. The molecule has 0 bridgehead atoms. The molecule has 0 spiro atoms. The fraction of sp³-hybridized carbons (Fsp3) is 0.391. The standard InChI is InChI=1S/C23H25N3O3S/c24-18-23(19-7-2-1-3-8-19)11-15-25(16-12-23)13-6-14-26-17-21(27)20-9-4-5-10-22(20)30(26,28)29/h1-5,7-10H,6,11-17H2. The molecule has 1 fully saturated rings. The number of carbonyl (C=O) groups is 1. The number of likely N-dealkylation sites (tertiary alicyclic amines) is 1. The summed E-state index contributed by atoms with van der Waals surface area (Å²) in [4.78, 5) is 14.7. The zero-order valence-electron chi connectivity index (χ0n) is 16.8. The van der Waals surface area contributed by atoms with Gasteiger partial charge in [-0.05, 0) is 56.6 Å². The summed E-state index contributed by atoms with van der Waals surface area (Å²) < 4.78 is 27.0. The van der Waals surface area contributed by atoms with Crippen LogP contribution in [-0.4, -0.2) is 56.1 Å². The second-order valence-electron chi connectivity index (χ2n) is 8.01. The molecule has 2 aromatic rings. The zero-order chi connectivity index (χ0) is 21.2. The third-order valence-corrected chi connectivity index (χ3v) is 8.16. The molecule has 0 aliphatic carbocycles. The van der Waals surface area contributed by atoms with E-state index in [0.29, 0.717) is 18.5 Å². The Hall–Kier alpha value is -2.53. The van der Waals surface area contributed by atoms with Gasteiger partial charge in [0.1, 0.15) is 0 Å².